The molecule has 2 heterocycles. The van der Waals surface area contributed by atoms with Crippen molar-refractivity contribution in [3.05, 3.63) is 71.8 Å². The Bertz CT molecular complexity index is 2010. The van der Waals surface area contributed by atoms with E-state index in [0.29, 0.717) is 33.8 Å². The molecule has 2 aliphatic rings. The Labute approximate surface area is 414 Å². The van der Waals surface area contributed by atoms with Gasteiger partial charge in [0.05, 0.1) is 24.9 Å². The van der Waals surface area contributed by atoms with E-state index in [1.54, 1.807) is 60.7 Å². The van der Waals surface area contributed by atoms with Gasteiger partial charge in [0.25, 0.3) is 0 Å². The second-order valence-corrected chi connectivity index (χ2v) is 17.9. The van der Waals surface area contributed by atoms with Crippen molar-refractivity contribution in [1.29, 1.82) is 0 Å². The molecule has 0 radical (unpaired) electrons. The number of rotatable bonds is 25. The molecule has 8 amide bonds. The molecule has 2 saturated heterocycles. The summed E-state index contributed by atoms with van der Waals surface area (Å²) in [4.78, 5) is 110. The fraction of sp³-hybridized carbons (Fsp3) is 0.583. The van der Waals surface area contributed by atoms with Crippen molar-refractivity contribution in [3.63, 3.8) is 0 Å². The van der Waals surface area contributed by atoms with Crippen molar-refractivity contribution >= 4 is 47.3 Å². The molecule has 2 fully saturated rings. The zero-order chi connectivity index (χ0) is 53.2. The van der Waals surface area contributed by atoms with E-state index in [-0.39, 0.29) is 65.0 Å². The van der Waals surface area contributed by atoms with Gasteiger partial charge in [0.1, 0.15) is 12.1 Å². The Balaban J connectivity index is 1.40. The minimum atomic E-state index is -5.18. The summed E-state index contributed by atoms with van der Waals surface area (Å²) in [5.74, 6) is -8.45. The molecule has 6 N–H and O–H groups in total. The first-order valence-electron chi connectivity index (χ1n) is 23.9. The van der Waals surface area contributed by atoms with E-state index in [2.05, 4.69) is 31.9 Å². The molecule has 0 aromatic heterocycles. The van der Waals surface area contributed by atoms with E-state index in [1.165, 1.54) is 37.7 Å². The average Bonchev–Trinajstić information content (AvgIpc) is 4.03. The van der Waals surface area contributed by atoms with Crippen LogP contribution >= 0.6 is 0 Å². The number of carbonyl (C=O) groups excluding carboxylic acids is 8. The molecule has 0 aliphatic carbocycles. The molecular weight excluding hydrogens is 959 g/mol. The van der Waals surface area contributed by atoms with Crippen LogP contribution in [0.3, 0.4) is 0 Å². The second-order valence-electron chi connectivity index (χ2n) is 17.9. The fourth-order valence-corrected chi connectivity index (χ4v) is 8.44. The number of halogens is 6. The number of hydrogen-bond donors (Lipinski definition) is 6. The molecule has 0 spiro atoms. The van der Waals surface area contributed by atoms with E-state index >= 15 is 0 Å². The lowest BCUT2D eigenvalue weighted by molar-refractivity contribution is -0.186. The van der Waals surface area contributed by atoms with Gasteiger partial charge in [-0.15, -0.1) is 0 Å². The van der Waals surface area contributed by atoms with Crippen LogP contribution in [0.1, 0.15) is 63.5 Å². The quantitative estimate of drug-likeness (QED) is 0.0621. The van der Waals surface area contributed by atoms with Crippen LogP contribution in [0.2, 0.25) is 0 Å². The largest absolute Gasteiger partial charge is 0.471 e. The highest BCUT2D eigenvalue weighted by molar-refractivity contribution is 5.95. The van der Waals surface area contributed by atoms with E-state index in [1.807, 2.05) is 0 Å². The van der Waals surface area contributed by atoms with Gasteiger partial charge >= 0.3 is 24.2 Å². The zero-order valence-corrected chi connectivity index (χ0v) is 40.9. The highest BCUT2D eigenvalue weighted by atomic mass is 19.4. The molecule has 72 heavy (non-hydrogen) atoms. The van der Waals surface area contributed by atoms with Crippen LogP contribution in [0.15, 0.2) is 60.7 Å². The highest BCUT2D eigenvalue weighted by Crippen LogP contribution is 2.26. The number of carbonyl (C=O) groups is 8. The van der Waals surface area contributed by atoms with Crippen LogP contribution in [0, 0.1) is 0 Å². The Morgan fingerprint density at radius 1 is 0.583 bits per heavy atom. The van der Waals surface area contributed by atoms with Crippen LogP contribution in [-0.2, 0) is 51.2 Å². The predicted octanol–water partition coefficient (Wildman–Crippen LogP) is 1.43. The van der Waals surface area contributed by atoms with Gasteiger partial charge in [-0.2, -0.15) is 26.3 Å². The molecule has 24 heteroatoms. The SMILES string of the molecule is CN[C@@H](C)C(=O)N[C@@H](CC(=O)NCCNC(=O)C[C@H](NC(=O)[C@H](C)NC)C(=O)N1CCC[C@H]1CN(CCc1ccccc1)C(=O)C(F)(F)F)C(=O)N1CCC[C@H]1CN(CCc1ccccc1)C(=O)C(F)(F)F. The standard InChI is InChI=1S/C48H66F6N10O8/c1-31(55-3)41(67)59-37(43(69)63-23-11-17-35(63)29-61(45(71)47(49,50)51)25-19-33-13-7-5-8-14-33)27-39(65)57-21-22-58-40(66)28-38(60-42(68)32(2)56-4)44(70)64-24-12-18-36(64)30-62(46(72)48(52,53)54)26-20-34-15-9-6-10-16-34/h5-10,13-16,31-32,35-38,55-56H,11-12,17-30H2,1-4H3,(H,57,65)(H,58,66)(H,59,67)(H,60,68)/t31-,32-,35-,36-,37-,38-/m0/s1. The number of likely N-dealkylation sites (tertiary alicyclic amines) is 2. The molecule has 0 saturated carbocycles. The third-order valence-corrected chi connectivity index (χ3v) is 12.7. The highest BCUT2D eigenvalue weighted by Gasteiger charge is 2.46. The maximum Gasteiger partial charge on any atom is 0.471 e. The molecular formula is C48H66F6N10O8. The molecule has 0 bridgehead atoms. The number of hydrogen-bond acceptors (Lipinski definition) is 10. The van der Waals surface area contributed by atoms with Crippen LogP contribution in [0.25, 0.3) is 0 Å². The van der Waals surface area contributed by atoms with Crippen molar-refractivity contribution < 1.29 is 64.7 Å². The number of nitrogens with zero attached hydrogens (tertiary/aromatic N) is 4. The monoisotopic (exact) mass is 1020 g/mol. The molecule has 6 atom stereocenters. The van der Waals surface area contributed by atoms with Crippen LogP contribution < -0.4 is 31.9 Å². The maximum absolute atomic E-state index is 14.1. The predicted molar refractivity (Wildman–Crippen MR) is 251 cm³/mol. The molecule has 398 valence electrons. The van der Waals surface area contributed by atoms with Crippen molar-refractivity contribution in [1.82, 2.24) is 51.5 Å². The third-order valence-electron chi connectivity index (χ3n) is 12.7. The lowest BCUT2D eigenvalue weighted by Crippen LogP contribution is -2.57. The van der Waals surface area contributed by atoms with Crippen molar-refractivity contribution in [2.75, 3.05) is 66.5 Å². The first kappa shape index (κ1) is 58.3. The van der Waals surface area contributed by atoms with Gasteiger partial charge in [0.15, 0.2) is 0 Å². The normalized spacial score (nSPS) is 17.5. The van der Waals surface area contributed by atoms with Crippen molar-refractivity contribution in [3.8, 4) is 0 Å². The maximum atomic E-state index is 14.1. The van der Waals surface area contributed by atoms with Gasteiger partial charge in [0.2, 0.25) is 35.4 Å². The summed E-state index contributed by atoms with van der Waals surface area (Å²) in [6.45, 7) is 1.25. The van der Waals surface area contributed by atoms with Crippen molar-refractivity contribution in [2.45, 2.75) is 114 Å². The third kappa shape index (κ3) is 17.8. The van der Waals surface area contributed by atoms with Gasteiger partial charge in [-0.3, -0.25) is 38.4 Å². The molecule has 0 unspecified atom stereocenters. The number of benzene rings is 2. The number of amides is 8. The summed E-state index contributed by atoms with van der Waals surface area (Å²) in [5, 5.41) is 15.6. The van der Waals surface area contributed by atoms with Crippen LogP contribution in [-0.4, -0.2) is 182 Å². The lowest BCUT2D eigenvalue weighted by Gasteiger charge is -2.33. The van der Waals surface area contributed by atoms with Gasteiger partial charge in [-0.1, -0.05) is 60.7 Å². The van der Waals surface area contributed by atoms with Crippen LogP contribution in [0.5, 0.6) is 0 Å². The molecule has 2 aliphatic heterocycles. The first-order chi connectivity index (χ1) is 34.0. The van der Waals surface area contributed by atoms with Gasteiger partial charge in [0, 0.05) is 64.4 Å². The Morgan fingerprint density at radius 2 is 0.931 bits per heavy atom. The molecule has 2 aromatic carbocycles. The summed E-state index contributed by atoms with van der Waals surface area (Å²) in [7, 11) is 2.98. The second kappa shape index (κ2) is 27.5. The van der Waals surface area contributed by atoms with Crippen molar-refractivity contribution in [2.24, 2.45) is 0 Å². The van der Waals surface area contributed by atoms with E-state index < -0.39 is 122 Å². The summed E-state index contributed by atoms with van der Waals surface area (Å²) in [5.41, 5.74) is 1.40. The Morgan fingerprint density at radius 3 is 1.25 bits per heavy atom. The van der Waals surface area contributed by atoms with E-state index in [0.717, 1.165) is 0 Å². The Kier molecular flexibility index (Phi) is 22.3. The Hall–Kier alpha value is -6.30. The molecule has 18 nitrogen and oxygen atoms in total. The van der Waals surface area contributed by atoms with E-state index in [9.17, 15) is 64.7 Å². The van der Waals surface area contributed by atoms with E-state index in [4.69, 9.17) is 0 Å². The van der Waals surface area contributed by atoms with Gasteiger partial charge in [-0.25, -0.2) is 0 Å². The minimum absolute atomic E-state index is 0.0823. The molecule has 2 aromatic rings. The summed E-state index contributed by atoms with van der Waals surface area (Å²) in [6, 6.07) is 10.9. The topological polar surface area (TPSA) is 222 Å². The zero-order valence-electron chi connectivity index (χ0n) is 40.9. The van der Waals surface area contributed by atoms with Gasteiger partial charge < -0.3 is 51.5 Å². The van der Waals surface area contributed by atoms with Gasteiger partial charge in [-0.05, 0) is 77.6 Å². The smallest absolute Gasteiger partial charge is 0.354 e. The lowest BCUT2D eigenvalue weighted by atomic mass is 10.1. The number of alkyl halides is 6. The fourth-order valence-electron chi connectivity index (χ4n) is 8.44. The molecule has 4 rings (SSSR count). The summed E-state index contributed by atoms with van der Waals surface area (Å²) in [6.07, 6.45) is -10.1. The number of nitrogens with one attached hydrogen (secondary N) is 6. The van der Waals surface area contributed by atoms with Crippen LogP contribution in [0.4, 0.5) is 26.3 Å². The summed E-state index contributed by atoms with van der Waals surface area (Å²) < 4.78 is 82.6. The average molecular weight is 1030 g/mol. The minimum Gasteiger partial charge on any atom is -0.354 e. The summed E-state index contributed by atoms with van der Waals surface area (Å²) >= 11 is 0. The first-order valence-corrected chi connectivity index (χ1v) is 23.9. The number of likely N-dealkylation sites (N-methyl/N-ethyl adjacent to an activating group) is 2.